The van der Waals surface area contributed by atoms with Crippen LogP contribution in [-0.2, 0) is 44.3 Å². The number of rotatable bonds is 16. The molecule has 0 fully saturated rings. The van der Waals surface area contributed by atoms with Gasteiger partial charge in [0.25, 0.3) is 0 Å². The Morgan fingerprint density at radius 1 is 0.618 bits per heavy atom. The number of ether oxygens (including phenoxy) is 2. The molecule has 0 aromatic heterocycles. The van der Waals surface area contributed by atoms with Crippen LogP contribution in [0, 0.1) is 16.7 Å². The van der Waals surface area contributed by atoms with Crippen LogP contribution in [-0.4, -0.2) is 17.0 Å². The molecule has 6 rings (SSSR count). The zero-order chi connectivity index (χ0) is 39.1. The summed E-state index contributed by atoms with van der Waals surface area (Å²) >= 11 is 0. The van der Waals surface area contributed by atoms with Crippen molar-refractivity contribution in [3.63, 3.8) is 0 Å². The van der Waals surface area contributed by atoms with Crippen LogP contribution < -0.4 is 0 Å². The molecule has 0 amide bonds. The van der Waals surface area contributed by atoms with Crippen LogP contribution in [0.4, 0.5) is 0 Å². The highest BCUT2D eigenvalue weighted by atomic mass is 16.5. The molecule has 3 unspecified atom stereocenters. The third-order valence-electron chi connectivity index (χ3n) is 11.4. The summed E-state index contributed by atoms with van der Waals surface area (Å²) in [7, 11) is 0. The Hall–Kier alpha value is -5.26. The van der Waals surface area contributed by atoms with Crippen molar-refractivity contribution >= 4 is 33.5 Å². The average Bonchev–Trinajstić information content (AvgIpc) is 3.21. The fourth-order valence-electron chi connectivity index (χ4n) is 8.56. The van der Waals surface area contributed by atoms with Gasteiger partial charge in [-0.3, -0.25) is 9.59 Å². The highest BCUT2D eigenvalue weighted by Crippen LogP contribution is 2.51. The third kappa shape index (κ3) is 8.84. The molecule has 0 bridgehead atoms. The molecule has 1 N–H and O–H groups in total. The smallest absolute Gasteiger partial charge is 0.312 e. The Kier molecular flexibility index (Phi) is 12.2. The summed E-state index contributed by atoms with van der Waals surface area (Å²) in [4.78, 5) is 29.2. The molecule has 0 aliphatic heterocycles. The Morgan fingerprint density at radius 3 is 1.78 bits per heavy atom. The number of hydrogen-bond donors (Lipinski definition) is 1. The lowest BCUT2D eigenvalue weighted by atomic mass is 9.58. The van der Waals surface area contributed by atoms with E-state index in [1.54, 1.807) is 0 Å². The van der Waals surface area contributed by atoms with Gasteiger partial charge in [0.1, 0.15) is 13.2 Å². The molecule has 6 aromatic rings. The van der Waals surface area contributed by atoms with E-state index in [0.29, 0.717) is 12.3 Å². The summed E-state index contributed by atoms with van der Waals surface area (Å²) in [6.45, 7) is 10.3. The summed E-state index contributed by atoms with van der Waals surface area (Å²) in [5.74, 6) is -0.440. The van der Waals surface area contributed by atoms with Gasteiger partial charge in [-0.05, 0) is 95.8 Å². The largest absolute Gasteiger partial charge is 0.460 e. The van der Waals surface area contributed by atoms with Crippen LogP contribution in [0.3, 0.4) is 0 Å². The van der Waals surface area contributed by atoms with E-state index in [-0.39, 0.29) is 38.2 Å². The van der Waals surface area contributed by atoms with Crippen LogP contribution in [0.1, 0.15) is 88.1 Å². The summed E-state index contributed by atoms with van der Waals surface area (Å²) < 4.78 is 12.5. The quantitative estimate of drug-likeness (QED) is 0.0792. The first-order valence-corrected chi connectivity index (χ1v) is 19.5. The molecule has 0 radical (unpaired) electrons. The van der Waals surface area contributed by atoms with E-state index in [1.165, 1.54) is 0 Å². The lowest BCUT2D eigenvalue weighted by Crippen LogP contribution is -2.45. The summed E-state index contributed by atoms with van der Waals surface area (Å²) in [5, 5.41) is 14.5. The van der Waals surface area contributed by atoms with E-state index >= 15 is 4.79 Å². The summed E-state index contributed by atoms with van der Waals surface area (Å²) in [6, 6.07) is 46.7. The molecule has 55 heavy (non-hydrogen) atoms. The van der Waals surface area contributed by atoms with E-state index in [4.69, 9.17) is 9.47 Å². The maximum atomic E-state index is 15.2. The molecule has 0 saturated carbocycles. The zero-order valence-corrected chi connectivity index (χ0v) is 32.9. The molecule has 0 spiro atoms. The molecule has 5 heteroatoms. The van der Waals surface area contributed by atoms with Gasteiger partial charge < -0.3 is 14.6 Å². The lowest BCUT2D eigenvalue weighted by molar-refractivity contribution is -0.165. The summed E-state index contributed by atoms with van der Waals surface area (Å²) in [5.41, 5.74) is 1.90. The van der Waals surface area contributed by atoms with Gasteiger partial charge in [-0.25, -0.2) is 0 Å². The number of carbonyl (C=O) groups excluding carboxylic acids is 2. The van der Waals surface area contributed by atoms with Crippen LogP contribution >= 0.6 is 0 Å². The van der Waals surface area contributed by atoms with Gasteiger partial charge in [0.2, 0.25) is 0 Å². The van der Waals surface area contributed by atoms with Crippen molar-refractivity contribution in [2.24, 2.45) is 16.7 Å². The van der Waals surface area contributed by atoms with Crippen molar-refractivity contribution in [1.29, 1.82) is 0 Å². The minimum atomic E-state index is -1.16. The van der Waals surface area contributed by atoms with Crippen molar-refractivity contribution in [3.05, 3.63) is 167 Å². The molecule has 0 aliphatic carbocycles. The fourth-order valence-corrected chi connectivity index (χ4v) is 8.56. The maximum absolute atomic E-state index is 15.2. The second-order valence-electron chi connectivity index (χ2n) is 16.3. The van der Waals surface area contributed by atoms with Gasteiger partial charge in [-0.1, -0.05) is 154 Å². The lowest BCUT2D eigenvalue weighted by Gasteiger charge is -2.45. The van der Waals surface area contributed by atoms with E-state index in [2.05, 4.69) is 68.4 Å². The van der Waals surface area contributed by atoms with Gasteiger partial charge in [-0.2, -0.15) is 0 Å². The van der Waals surface area contributed by atoms with Crippen molar-refractivity contribution in [3.8, 4) is 0 Å². The summed E-state index contributed by atoms with van der Waals surface area (Å²) in [6.07, 6.45) is 2.25. The fraction of sp³-hybridized carbons (Fsp3) is 0.320. The Balaban J connectivity index is 1.45. The third-order valence-corrected chi connectivity index (χ3v) is 11.4. The van der Waals surface area contributed by atoms with Crippen LogP contribution in [0.5, 0.6) is 0 Å². The van der Waals surface area contributed by atoms with Gasteiger partial charge in [0.05, 0.1) is 17.4 Å². The number of esters is 2. The SMILES string of the molecule is CCC(C)CC(CC(C)(CC(C)(C)C(=O)OCc1ccccc1)C(=O)OCc1c2ccccc2cc2ccccc12)(c1ccccc1)c1cccc(CO)c1. The first-order chi connectivity index (χ1) is 26.5. The number of aliphatic hydroxyl groups is 1. The standard InChI is InChI=1S/C50H54O5/c1-6-36(2)30-50(41-23-11-8-12-24-41,42-25-17-20-38(28-42)31-51)35-49(5,34-48(3,4)46(52)54-32-37-18-9-7-10-19-37)47(53)55-33-45-43-26-15-13-21-39(43)29-40-22-14-16-27-44(40)45/h7-29,36,51H,6,30-35H2,1-5H3. The number of hydrogen-bond acceptors (Lipinski definition) is 5. The van der Waals surface area contributed by atoms with Crippen molar-refractivity contribution in [2.75, 3.05) is 0 Å². The van der Waals surface area contributed by atoms with E-state index < -0.39 is 16.2 Å². The molecule has 284 valence electrons. The average molecular weight is 735 g/mol. The Morgan fingerprint density at radius 2 is 1.16 bits per heavy atom. The molecule has 0 aliphatic rings. The molecule has 5 nitrogen and oxygen atoms in total. The normalized spacial score (nSPS) is 14.5. The van der Waals surface area contributed by atoms with Crippen LogP contribution in [0.25, 0.3) is 21.5 Å². The van der Waals surface area contributed by atoms with Crippen LogP contribution in [0.15, 0.2) is 140 Å². The molecular formula is C50H54O5. The number of benzene rings is 6. The van der Waals surface area contributed by atoms with Gasteiger partial charge in [0.15, 0.2) is 0 Å². The van der Waals surface area contributed by atoms with Gasteiger partial charge >= 0.3 is 11.9 Å². The number of fused-ring (bicyclic) bond motifs is 2. The maximum Gasteiger partial charge on any atom is 0.312 e. The first kappa shape index (κ1) is 39.4. The topological polar surface area (TPSA) is 72.8 Å². The minimum Gasteiger partial charge on any atom is -0.460 e. The second kappa shape index (κ2) is 17.0. The Labute approximate surface area is 326 Å². The molecule has 0 saturated heterocycles. The molecular weight excluding hydrogens is 681 g/mol. The highest BCUT2D eigenvalue weighted by Gasteiger charge is 2.50. The van der Waals surface area contributed by atoms with Crippen molar-refractivity contribution < 1.29 is 24.2 Å². The van der Waals surface area contributed by atoms with E-state index in [0.717, 1.165) is 62.2 Å². The predicted octanol–water partition coefficient (Wildman–Crippen LogP) is 11.5. The van der Waals surface area contributed by atoms with E-state index in [9.17, 15) is 9.90 Å². The molecule has 0 heterocycles. The molecule has 3 atom stereocenters. The van der Waals surface area contributed by atoms with Gasteiger partial charge in [0, 0.05) is 11.0 Å². The monoisotopic (exact) mass is 734 g/mol. The number of aliphatic hydroxyl groups excluding tert-OH is 1. The van der Waals surface area contributed by atoms with Crippen molar-refractivity contribution in [1.82, 2.24) is 0 Å². The van der Waals surface area contributed by atoms with Crippen LogP contribution in [0.2, 0.25) is 0 Å². The van der Waals surface area contributed by atoms with E-state index in [1.807, 2.05) is 106 Å². The molecule has 6 aromatic carbocycles. The van der Waals surface area contributed by atoms with Gasteiger partial charge in [-0.15, -0.1) is 0 Å². The first-order valence-electron chi connectivity index (χ1n) is 19.5. The predicted molar refractivity (Wildman–Crippen MR) is 222 cm³/mol. The Bertz CT molecular complexity index is 2170. The highest BCUT2D eigenvalue weighted by molar-refractivity contribution is 6.02. The second-order valence-corrected chi connectivity index (χ2v) is 16.3. The minimum absolute atomic E-state index is 0.0822. The zero-order valence-electron chi connectivity index (χ0n) is 32.9. The van der Waals surface area contributed by atoms with Crippen molar-refractivity contribution in [2.45, 2.75) is 85.5 Å². The number of carbonyl (C=O) groups is 2.